The molecular weight excluding hydrogens is 382 g/mol. The van der Waals surface area contributed by atoms with Gasteiger partial charge in [-0.3, -0.25) is 14.5 Å². The van der Waals surface area contributed by atoms with Crippen LogP contribution in [0.25, 0.3) is 0 Å². The average molecular weight is 412 g/mol. The molecule has 0 radical (unpaired) electrons. The molecule has 0 spiro atoms. The number of aromatic nitrogens is 3. The van der Waals surface area contributed by atoms with Crippen LogP contribution in [0.15, 0.2) is 23.1 Å². The van der Waals surface area contributed by atoms with Crippen molar-refractivity contribution in [3.8, 4) is 5.88 Å². The van der Waals surface area contributed by atoms with Crippen LogP contribution in [-0.2, 0) is 13.0 Å². The van der Waals surface area contributed by atoms with Gasteiger partial charge in [-0.2, -0.15) is 0 Å². The fourth-order valence-corrected chi connectivity index (χ4v) is 4.34. The van der Waals surface area contributed by atoms with E-state index >= 15 is 0 Å². The highest BCUT2D eigenvalue weighted by molar-refractivity contribution is 5.94. The minimum atomic E-state index is -0.230. The van der Waals surface area contributed by atoms with E-state index in [1.165, 1.54) is 7.11 Å². The molecule has 2 aliphatic rings. The largest absolute Gasteiger partial charge is 0.481 e. The molecule has 1 N–H and O–H groups in total. The van der Waals surface area contributed by atoms with Crippen molar-refractivity contribution >= 4 is 5.91 Å². The Bertz CT molecular complexity index is 987. The first-order chi connectivity index (χ1) is 14.5. The number of amides is 1. The van der Waals surface area contributed by atoms with Crippen molar-refractivity contribution in [2.24, 2.45) is 0 Å². The third-order valence-electron chi connectivity index (χ3n) is 6.12. The molecule has 0 saturated carbocycles. The minimum Gasteiger partial charge on any atom is -0.481 e. The van der Waals surface area contributed by atoms with Gasteiger partial charge in [0.05, 0.1) is 24.4 Å². The van der Waals surface area contributed by atoms with Gasteiger partial charge in [0.15, 0.2) is 0 Å². The molecule has 30 heavy (non-hydrogen) atoms. The normalized spacial score (nSPS) is 19.6. The van der Waals surface area contributed by atoms with E-state index in [-0.39, 0.29) is 17.5 Å². The Morgan fingerprint density at radius 1 is 1.30 bits per heavy atom. The van der Waals surface area contributed by atoms with Gasteiger partial charge in [0.2, 0.25) is 5.88 Å². The summed E-state index contributed by atoms with van der Waals surface area (Å²) in [6.07, 6.45) is 5.05. The number of rotatable bonds is 4. The Balaban J connectivity index is 1.64. The summed E-state index contributed by atoms with van der Waals surface area (Å²) in [6.45, 7) is 6.43. The quantitative estimate of drug-likeness (QED) is 0.830. The van der Waals surface area contributed by atoms with E-state index in [4.69, 9.17) is 9.72 Å². The first-order valence-corrected chi connectivity index (χ1v) is 10.6. The Morgan fingerprint density at radius 3 is 2.90 bits per heavy atom. The molecule has 1 amide bonds. The number of H-pyrrole nitrogens is 1. The maximum atomic E-state index is 13.3. The van der Waals surface area contributed by atoms with Crippen molar-refractivity contribution in [3.05, 3.63) is 51.3 Å². The van der Waals surface area contributed by atoms with E-state index in [0.29, 0.717) is 36.4 Å². The summed E-state index contributed by atoms with van der Waals surface area (Å²) in [5.74, 6) is 0.919. The zero-order chi connectivity index (χ0) is 21.3. The summed E-state index contributed by atoms with van der Waals surface area (Å²) in [6, 6.07) is 3.50. The Hall–Kier alpha value is -2.74. The number of carbonyl (C=O) groups excluding carboxylic acids is 1. The molecule has 160 valence electrons. The van der Waals surface area contributed by atoms with E-state index in [1.54, 1.807) is 18.3 Å². The van der Waals surface area contributed by atoms with Crippen molar-refractivity contribution in [1.82, 2.24) is 24.8 Å². The van der Waals surface area contributed by atoms with Crippen molar-refractivity contribution in [1.29, 1.82) is 0 Å². The molecule has 2 aliphatic heterocycles. The SMILES string of the molecule is COc1cc(C(=O)N2CCCC[C@@H]2c2nc3c(c(=O)[nH]2)CN(C(C)C)CC3)ccn1. The first-order valence-electron chi connectivity index (χ1n) is 10.6. The predicted octanol–water partition coefficient (Wildman–Crippen LogP) is 2.31. The number of nitrogens with one attached hydrogen (secondary N) is 1. The molecule has 0 aliphatic carbocycles. The number of methoxy groups -OCH3 is 1. The molecule has 2 aromatic rings. The van der Waals surface area contributed by atoms with Crippen LogP contribution in [0.5, 0.6) is 5.88 Å². The first kappa shape index (κ1) is 20.5. The summed E-state index contributed by atoms with van der Waals surface area (Å²) in [5, 5.41) is 0. The number of hydrogen-bond acceptors (Lipinski definition) is 6. The Kier molecular flexibility index (Phi) is 5.85. The molecule has 8 nitrogen and oxygen atoms in total. The standard InChI is InChI=1S/C22H29N5O3/c1-14(2)26-11-8-17-16(13-26)21(28)25-20(24-17)18-6-4-5-10-27(18)22(29)15-7-9-23-19(12-15)30-3/h7,9,12,14,18H,4-6,8,10-11,13H2,1-3H3,(H,24,25,28)/t18-/m1/s1. The number of likely N-dealkylation sites (tertiary alicyclic amines) is 1. The fraction of sp³-hybridized carbons (Fsp3) is 0.545. The molecule has 1 atom stereocenters. The van der Waals surface area contributed by atoms with E-state index in [2.05, 4.69) is 28.7 Å². The third kappa shape index (κ3) is 3.96. The highest BCUT2D eigenvalue weighted by Crippen LogP contribution is 2.31. The van der Waals surface area contributed by atoms with Crippen LogP contribution in [0.3, 0.4) is 0 Å². The molecule has 0 unspecified atom stereocenters. The van der Waals surface area contributed by atoms with Crippen LogP contribution in [0.2, 0.25) is 0 Å². The maximum Gasteiger partial charge on any atom is 0.255 e. The van der Waals surface area contributed by atoms with Crippen molar-refractivity contribution in [2.75, 3.05) is 20.2 Å². The molecule has 8 heteroatoms. The molecule has 4 heterocycles. The topological polar surface area (TPSA) is 91.4 Å². The van der Waals surface area contributed by atoms with Crippen molar-refractivity contribution < 1.29 is 9.53 Å². The molecule has 1 fully saturated rings. The second kappa shape index (κ2) is 8.55. The monoisotopic (exact) mass is 411 g/mol. The van der Waals surface area contributed by atoms with E-state index in [0.717, 1.165) is 43.5 Å². The van der Waals surface area contributed by atoms with Gasteiger partial charge in [-0.15, -0.1) is 0 Å². The molecule has 0 bridgehead atoms. The van der Waals surface area contributed by atoms with E-state index in [9.17, 15) is 9.59 Å². The van der Waals surface area contributed by atoms with Gasteiger partial charge in [0.1, 0.15) is 5.82 Å². The molecule has 2 aromatic heterocycles. The predicted molar refractivity (Wildman–Crippen MR) is 113 cm³/mol. The number of pyridine rings is 1. The zero-order valence-electron chi connectivity index (χ0n) is 17.9. The average Bonchev–Trinajstić information content (AvgIpc) is 2.78. The number of carbonyl (C=O) groups is 1. The Labute approximate surface area is 176 Å². The second-order valence-corrected chi connectivity index (χ2v) is 8.29. The molecule has 4 rings (SSSR count). The lowest BCUT2D eigenvalue weighted by atomic mass is 9.99. The van der Waals surface area contributed by atoms with Gasteiger partial charge in [0.25, 0.3) is 11.5 Å². The lowest BCUT2D eigenvalue weighted by molar-refractivity contribution is 0.0598. The highest BCUT2D eigenvalue weighted by atomic mass is 16.5. The number of fused-ring (bicyclic) bond motifs is 1. The van der Waals surface area contributed by atoms with Gasteiger partial charge < -0.3 is 14.6 Å². The zero-order valence-corrected chi connectivity index (χ0v) is 17.9. The van der Waals surface area contributed by atoms with E-state index < -0.39 is 0 Å². The summed E-state index contributed by atoms with van der Waals surface area (Å²) in [7, 11) is 1.53. The van der Waals surface area contributed by atoms with Crippen LogP contribution >= 0.6 is 0 Å². The van der Waals surface area contributed by atoms with Gasteiger partial charge >= 0.3 is 0 Å². The molecule has 0 aromatic carbocycles. The summed E-state index contributed by atoms with van der Waals surface area (Å²) < 4.78 is 5.16. The number of ether oxygens (including phenoxy) is 1. The minimum absolute atomic E-state index is 0.0797. The lowest BCUT2D eigenvalue weighted by Crippen LogP contribution is -2.42. The Morgan fingerprint density at radius 2 is 2.13 bits per heavy atom. The van der Waals surface area contributed by atoms with Crippen LogP contribution in [0.1, 0.15) is 66.6 Å². The lowest BCUT2D eigenvalue weighted by Gasteiger charge is -2.36. The summed E-state index contributed by atoms with van der Waals surface area (Å²) in [5.41, 5.74) is 2.07. The second-order valence-electron chi connectivity index (χ2n) is 8.29. The van der Waals surface area contributed by atoms with Crippen LogP contribution in [0, 0.1) is 0 Å². The van der Waals surface area contributed by atoms with E-state index in [1.807, 2.05) is 4.90 Å². The number of hydrogen-bond donors (Lipinski definition) is 1. The smallest absolute Gasteiger partial charge is 0.255 e. The molecular formula is C22H29N5O3. The van der Waals surface area contributed by atoms with Gasteiger partial charge in [-0.25, -0.2) is 9.97 Å². The van der Waals surface area contributed by atoms with Gasteiger partial charge in [-0.05, 0) is 39.2 Å². The highest BCUT2D eigenvalue weighted by Gasteiger charge is 2.32. The number of aromatic amines is 1. The number of nitrogens with zero attached hydrogens (tertiary/aromatic N) is 4. The number of piperidine rings is 1. The summed E-state index contributed by atoms with van der Waals surface area (Å²) in [4.78, 5) is 42.2. The summed E-state index contributed by atoms with van der Waals surface area (Å²) >= 11 is 0. The van der Waals surface area contributed by atoms with Crippen molar-refractivity contribution in [2.45, 2.75) is 58.2 Å². The van der Waals surface area contributed by atoms with Gasteiger partial charge in [0, 0.05) is 49.9 Å². The van der Waals surface area contributed by atoms with Crippen LogP contribution in [-0.4, -0.2) is 56.9 Å². The third-order valence-corrected chi connectivity index (χ3v) is 6.12. The van der Waals surface area contributed by atoms with Crippen LogP contribution in [0.4, 0.5) is 0 Å². The van der Waals surface area contributed by atoms with Gasteiger partial charge in [-0.1, -0.05) is 0 Å². The van der Waals surface area contributed by atoms with Crippen molar-refractivity contribution in [3.63, 3.8) is 0 Å². The fourth-order valence-electron chi connectivity index (χ4n) is 4.34. The maximum absolute atomic E-state index is 13.3. The van der Waals surface area contributed by atoms with Crippen LogP contribution < -0.4 is 10.3 Å². The molecule has 1 saturated heterocycles.